The molecular formula is C21H26N4O4S. The molecule has 1 aliphatic heterocycles. The topological polar surface area (TPSA) is 130 Å². The van der Waals surface area contributed by atoms with E-state index < -0.39 is 0 Å². The van der Waals surface area contributed by atoms with Crippen LogP contribution < -0.4 is 10.6 Å². The summed E-state index contributed by atoms with van der Waals surface area (Å²) in [6, 6.07) is 10.2. The number of benzene rings is 1. The van der Waals surface area contributed by atoms with E-state index in [9.17, 15) is 4.79 Å². The average molecular weight is 431 g/mol. The van der Waals surface area contributed by atoms with Crippen LogP contribution in [-0.4, -0.2) is 47.9 Å². The number of anilines is 1. The van der Waals surface area contributed by atoms with Gasteiger partial charge in [-0.05, 0) is 19.1 Å². The summed E-state index contributed by atoms with van der Waals surface area (Å²) < 4.78 is 5.12. The standard InChI is InChI=1S/C20H22N4O2S.CH2O.H2O/c1-2-26-19(25)16-11-15-17(22-20(21)23-18(15)27-16)14-7-5-6-13(10-14)12-24-8-3-4-9-24;1-2;/h5-7,10-11H,2-4,8-9,12H2,1H3,(H2,21,22,23);1H2;1H2. The van der Waals surface area contributed by atoms with Crippen molar-refractivity contribution in [2.24, 2.45) is 0 Å². The number of nitrogens with two attached hydrogens (primary N) is 1. The zero-order valence-electron chi connectivity index (χ0n) is 16.9. The van der Waals surface area contributed by atoms with Crippen LogP contribution in [0.1, 0.15) is 35.0 Å². The highest BCUT2D eigenvalue weighted by molar-refractivity contribution is 7.20. The Morgan fingerprint density at radius 2 is 1.97 bits per heavy atom. The number of ether oxygens (including phenoxy) is 1. The summed E-state index contributed by atoms with van der Waals surface area (Å²) in [4.78, 5) is 31.7. The summed E-state index contributed by atoms with van der Waals surface area (Å²) in [5.41, 5.74) is 8.99. The van der Waals surface area contributed by atoms with Gasteiger partial charge in [-0.1, -0.05) is 18.2 Å². The van der Waals surface area contributed by atoms with E-state index in [1.54, 1.807) is 11.8 Å². The van der Waals surface area contributed by atoms with Crippen molar-refractivity contribution in [2.45, 2.75) is 26.3 Å². The molecule has 1 saturated heterocycles. The molecule has 0 radical (unpaired) electrons. The molecule has 1 aromatic carbocycles. The first kappa shape index (κ1) is 23.4. The van der Waals surface area contributed by atoms with Crippen LogP contribution in [0, 0.1) is 0 Å². The van der Waals surface area contributed by atoms with Crippen LogP contribution in [0.2, 0.25) is 0 Å². The lowest BCUT2D eigenvalue weighted by atomic mass is 10.1. The Balaban J connectivity index is 0.00000104. The monoisotopic (exact) mass is 430 g/mol. The largest absolute Gasteiger partial charge is 0.870 e. The van der Waals surface area contributed by atoms with Gasteiger partial charge in [0.1, 0.15) is 23.0 Å². The van der Waals surface area contributed by atoms with Gasteiger partial charge in [-0.15, -0.1) is 11.3 Å². The fourth-order valence-corrected chi connectivity index (χ4v) is 4.56. The maximum atomic E-state index is 12.1. The molecule has 1 fully saturated rings. The molecule has 9 heteroatoms. The number of thiophene rings is 1. The van der Waals surface area contributed by atoms with Gasteiger partial charge in [0, 0.05) is 29.4 Å². The predicted octanol–water partition coefficient (Wildman–Crippen LogP) is 1.93. The van der Waals surface area contributed by atoms with Crippen LogP contribution in [-0.2, 0) is 16.1 Å². The number of hydrogen-bond donors (Lipinski definition) is 2. The van der Waals surface area contributed by atoms with Gasteiger partial charge in [0.2, 0.25) is 5.95 Å². The van der Waals surface area contributed by atoms with Gasteiger partial charge in [-0.25, -0.2) is 14.8 Å². The normalized spacial score (nSPS) is 13.4. The summed E-state index contributed by atoms with van der Waals surface area (Å²) in [5, 5.41) is 0.836. The van der Waals surface area contributed by atoms with Crippen molar-refractivity contribution < 1.29 is 24.7 Å². The van der Waals surface area contributed by atoms with Gasteiger partial charge in [0.25, 0.3) is 0 Å². The van der Waals surface area contributed by atoms with E-state index >= 15 is 0 Å². The molecule has 0 amide bonds. The third-order valence-corrected chi connectivity index (χ3v) is 5.86. The number of nitrogens with one attached hydrogen (secondary N) is 1. The van der Waals surface area contributed by atoms with Crippen molar-refractivity contribution in [3.63, 3.8) is 0 Å². The Labute approximate surface area is 179 Å². The van der Waals surface area contributed by atoms with E-state index in [4.69, 9.17) is 15.3 Å². The number of aromatic nitrogens is 2. The SMILES string of the molecule is C=O.CCOC(=O)c1cc2c(-c3cccc(C[NH+]4CCCC4)c3)nc(N)nc2s1.[OH-]. The van der Waals surface area contributed by atoms with E-state index in [-0.39, 0.29) is 17.4 Å². The predicted molar refractivity (Wildman–Crippen MR) is 116 cm³/mol. The van der Waals surface area contributed by atoms with Gasteiger partial charge < -0.3 is 25.6 Å². The first-order valence-corrected chi connectivity index (χ1v) is 10.4. The second-order valence-electron chi connectivity index (χ2n) is 6.81. The first-order valence-electron chi connectivity index (χ1n) is 9.60. The molecule has 0 saturated carbocycles. The van der Waals surface area contributed by atoms with Crippen molar-refractivity contribution in [1.29, 1.82) is 0 Å². The molecule has 3 aromatic rings. The van der Waals surface area contributed by atoms with Gasteiger partial charge in [0.05, 0.1) is 25.4 Å². The number of nitrogen functional groups attached to an aromatic ring is 1. The summed E-state index contributed by atoms with van der Waals surface area (Å²) in [6.45, 7) is 7.64. The number of fused-ring (bicyclic) bond motifs is 1. The van der Waals surface area contributed by atoms with Crippen molar-refractivity contribution in [2.75, 3.05) is 25.4 Å². The highest BCUT2D eigenvalue weighted by Gasteiger charge is 2.19. The number of nitrogens with zero attached hydrogens (tertiary/aromatic N) is 2. The van der Waals surface area contributed by atoms with E-state index in [2.05, 4.69) is 28.2 Å². The highest BCUT2D eigenvalue weighted by Crippen LogP contribution is 2.33. The molecule has 0 aliphatic carbocycles. The maximum absolute atomic E-state index is 12.1. The first-order chi connectivity index (χ1) is 14.1. The molecule has 0 spiro atoms. The summed E-state index contributed by atoms with van der Waals surface area (Å²) in [7, 11) is 0. The summed E-state index contributed by atoms with van der Waals surface area (Å²) in [5.74, 6) is -0.123. The van der Waals surface area contributed by atoms with E-state index in [0.29, 0.717) is 16.3 Å². The van der Waals surface area contributed by atoms with Crippen LogP contribution in [0.4, 0.5) is 5.95 Å². The number of esters is 1. The van der Waals surface area contributed by atoms with E-state index in [0.717, 1.165) is 23.2 Å². The summed E-state index contributed by atoms with van der Waals surface area (Å²) in [6.07, 6.45) is 2.62. The van der Waals surface area contributed by atoms with Crippen LogP contribution in [0.3, 0.4) is 0 Å². The van der Waals surface area contributed by atoms with Crippen molar-refractivity contribution in [1.82, 2.24) is 9.97 Å². The molecule has 30 heavy (non-hydrogen) atoms. The number of rotatable bonds is 5. The molecule has 4 N–H and O–H groups in total. The van der Waals surface area contributed by atoms with Crippen molar-refractivity contribution >= 4 is 40.3 Å². The molecule has 4 rings (SSSR count). The van der Waals surface area contributed by atoms with Crippen LogP contribution in [0.5, 0.6) is 0 Å². The zero-order chi connectivity index (χ0) is 20.8. The number of carbonyl (C=O) groups excluding carboxylic acids is 2. The van der Waals surface area contributed by atoms with Crippen LogP contribution in [0.25, 0.3) is 21.5 Å². The molecule has 0 atom stereocenters. The molecule has 3 heterocycles. The number of likely N-dealkylation sites (tertiary alicyclic amines) is 1. The van der Waals surface area contributed by atoms with Crippen molar-refractivity contribution in [3.8, 4) is 11.3 Å². The Morgan fingerprint density at radius 1 is 1.23 bits per heavy atom. The number of hydrogen-bond acceptors (Lipinski definition) is 8. The molecule has 8 nitrogen and oxygen atoms in total. The molecule has 160 valence electrons. The Bertz CT molecular complexity index is 1000. The second kappa shape index (κ2) is 10.8. The number of quaternary nitrogens is 1. The third-order valence-electron chi connectivity index (χ3n) is 4.85. The van der Waals surface area contributed by atoms with Gasteiger partial charge in [-0.3, -0.25) is 0 Å². The van der Waals surface area contributed by atoms with Crippen LogP contribution >= 0.6 is 11.3 Å². The van der Waals surface area contributed by atoms with Gasteiger partial charge in [0.15, 0.2) is 0 Å². The van der Waals surface area contributed by atoms with E-state index in [1.807, 2.05) is 18.9 Å². The zero-order valence-corrected chi connectivity index (χ0v) is 17.7. The average Bonchev–Trinajstić information content (AvgIpc) is 3.39. The Hall–Kier alpha value is -2.88. The molecular weight excluding hydrogens is 404 g/mol. The van der Waals surface area contributed by atoms with Gasteiger partial charge >= 0.3 is 5.97 Å². The smallest absolute Gasteiger partial charge is 0.348 e. The Morgan fingerprint density at radius 3 is 2.67 bits per heavy atom. The maximum Gasteiger partial charge on any atom is 0.348 e. The second-order valence-corrected chi connectivity index (χ2v) is 7.85. The third kappa shape index (κ3) is 5.18. The fraction of sp³-hybridized carbons (Fsp3) is 0.333. The minimum absolute atomic E-state index is 0. The molecule has 1 aliphatic rings. The quantitative estimate of drug-likeness (QED) is 0.592. The summed E-state index contributed by atoms with van der Waals surface area (Å²) >= 11 is 1.29. The lowest BCUT2D eigenvalue weighted by molar-refractivity contribution is -0.901. The van der Waals surface area contributed by atoms with Gasteiger partial charge in [-0.2, -0.15) is 0 Å². The molecule has 0 bridgehead atoms. The minimum Gasteiger partial charge on any atom is -0.870 e. The van der Waals surface area contributed by atoms with E-state index in [1.165, 1.54) is 42.8 Å². The van der Waals surface area contributed by atoms with Crippen LogP contribution in [0.15, 0.2) is 30.3 Å². The molecule has 0 unspecified atom stereocenters. The lowest BCUT2D eigenvalue weighted by Crippen LogP contribution is -3.08. The van der Waals surface area contributed by atoms with Crippen molar-refractivity contribution in [3.05, 3.63) is 40.8 Å². The Kier molecular flexibility index (Phi) is 8.40. The number of carbonyl (C=O) groups is 2. The fourth-order valence-electron chi connectivity index (χ4n) is 3.63. The molecule has 2 aromatic heterocycles. The minimum atomic E-state index is -0.337. The highest BCUT2D eigenvalue weighted by atomic mass is 32.1. The lowest BCUT2D eigenvalue weighted by Gasteiger charge is -2.13.